The predicted molar refractivity (Wildman–Crippen MR) is 138 cm³/mol. The average molecular weight is 527 g/mol. The first-order valence-electron chi connectivity index (χ1n) is 11.2. The minimum atomic E-state index is -4.17. The summed E-state index contributed by atoms with van der Waals surface area (Å²) in [5.41, 5.74) is 0.606. The third-order valence-electron chi connectivity index (χ3n) is 6.00. The number of fused-ring (bicyclic) bond motifs is 1. The molecule has 0 saturated carbocycles. The zero-order valence-electron chi connectivity index (χ0n) is 19.5. The van der Waals surface area contributed by atoms with E-state index in [0.717, 1.165) is 16.5 Å². The summed E-state index contributed by atoms with van der Waals surface area (Å²) in [6, 6.07) is 24.2. The molecule has 188 valence electrons. The Kier molecular flexibility index (Phi) is 6.09. The number of aromatic carboxylic acids is 1. The van der Waals surface area contributed by atoms with Gasteiger partial charge in [0.15, 0.2) is 0 Å². The van der Waals surface area contributed by atoms with E-state index < -0.39 is 33.7 Å². The summed E-state index contributed by atoms with van der Waals surface area (Å²) >= 11 is 0. The number of hydrogen-bond donors (Lipinski definition) is 2. The van der Waals surface area contributed by atoms with E-state index >= 15 is 0 Å². The molecule has 1 aliphatic heterocycles. The highest BCUT2D eigenvalue weighted by Crippen LogP contribution is 2.34. The predicted octanol–water partition coefficient (Wildman–Crippen LogP) is 3.97. The smallest absolute Gasteiger partial charge is 0.337 e. The highest BCUT2D eigenvalue weighted by atomic mass is 32.2. The Labute approximate surface area is 217 Å². The summed E-state index contributed by atoms with van der Waals surface area (Å²) in [5, 5.41) is 9.85. The van der Waals surface area contributed by atoms with E-state index in [9.17, 15) is 32.7 Å². The van der Waals surface area contributed by atoms with Crippen molar-refractivity contribution in [2.45, 2.75) is 4.90 Å². The molecular weight excluding hydrogens is 508 g/mol. The first-order chi connectivity index (χ1) is 18.2. The maximum absolute atomic E-state index is 13.3. The number of imide groups is 1. The molecule has 0 radical (unpaired) electrons. The first-order valence-corrected chi connectivity index (χ1v) is 12.7. The molecule has 5 rings (SSSR count). The molecule has 3 amide bonds. The minimum Gasteiger partial charge on any atom is -0.478 e. The minimum absolute atomic E-state index is 0.0408. The molecule has 0 atom stereocenters. The van der Waals surface area contributed by atoms with Crippen LogP contribution in [-0.4, -0.2) is 37.2 Å². The molecule has 0 aromatic heterocycles. The lowest BCUT2D eigenvalue weighted by molar-refractivity contribution is 0.0697. The van der Waals surface area contributed by atoms with Crippen LogP contribution in [0.4, 0.5) is 5.69 Å². The van der Waals surface area contributed by atoms with E-state index in [1.165, 1.54) is 48.5 Å². The van der Waals surface area contributed by atoms with Crippen LogP contribution >= 0.6 is 0 Å². The van der Waals surface area contributed by atoms with E-state index in [1.807, 2.05) is 10.8 Å². The number of carbonyl (C=O) groups is 4. The van der Waals surface area contributed by atoms with Crippen molar-refractivity contribution < 1.29 is 32.7 Å². The van der Waals surface area contributed by atoms with Crippen molar-refractivity contribution in [1.29, 1.82) is 0 Å². The molecular formula is C28H18N2O7S. The fourth-order valence-electron chi connectivity index (χ4n) is 4.15. The third kappa shape index (κ3) is 4.33. The van der Waals surface area contributed by atoms with Crippen LogP contribution in [0.15, 0.2) is 102 Å². The summed E-state index contributed by atoms with van der Waals surface area (Å²) in [7, 11) is -4.17. The Hall–Kier alpha value is -5.09. The van der Waals surface area contributed by atoms with Crippen molar-refractivity contribution in [2.24, 2.45) is 0 Å². The van der Waals surface area contributed by atoms with Crippen LogP contribution in [0.5, 0.6) is 0 Å². The van der Waals surface area contributed by atoms with Crippen LogP contribution in [0.2, 0.25) is 0 Å². The number of carboxylic acid groups (broad SMARTS) is 1. The number of benzene rings is 4. The number of nitrogens with one attached hydrogen (secondary N) is 1. The number of nitrogens with zero attached hydrogens (tertiary/aromatic N) is 1. The van der Waals surface area contributed by atoms with Gasteiger partial charge in [-0.25, -0.2) is 22.8 Å². The second kappa shape index (κ2) is 9.41. The van der Waals surface area contributed by atoms with E-state index in [0.29, 0.717) is 5.56 Å². The Bertz CT molecular complexity index is 1730. The van der Waals surface area contributed by atoms with E-state index in [2.05, 4.69) is 0 Å². The van der Waals surface area contributed by atoms with Crippen LogP contribution in [0, 0.1) is 0 Å². The van der Waals surface area contributed by atoms with Gasteiger partial charge in [-0.1, -0.05) is 54.6 Å². The van der Waals surface area contributed by atoms with E-state index in [1.54, 1.807) is 36.4 Å². The molecule has 1 aliphatic rings. The Morgan fingerprint density at radius 2 is 1.34 bits per heavy atom. The molecule has 10 heteroatoms. The fraction of sp³-hybridized carbons (Fsp3) is 0. The van der Waals surface area contributed by atoms with E-state index in [-0.39, 0.29) is 32.8 Å². The standard InChI is InChI=1S/C28H18N2O7S/c31-25(29-38(36,37)20-9-5-2-6-10-20)19-11-13-21-22(16-19)27(33)30(26(21)32)24-14-12-18(15-23(24)28(34)35)17-7-3-1-4-8-17/h1-16H,(H,29,31)(H,34,35). The molecule has 1 heterocycles. The molecule has 0 aliphatic carbocycles. The zero-order valence-corrected chi connectivity index (χ0v) is 20.3. The van der Waals surface area contributed by atoms with Crippen molar-refractivity contribution in [2.75, 3.05) is 4.90 Å². The van der Waals surface area contributed by atoms with Crippen molar-refractivity contribution >= 4 is 39.4 Å². The van der Waals surface area contributed by atoms with Crippen LogP contribution in [0.1, 0.15) is 41.4 Å². The summed E-state index contributed by atoms with van der Waals surface area (Å²) in [4.78, 5) is 51.8. The summed E-state index contributed by atoms with van der Waals surface area (Å²) in [6.07, 6.45) is 0. The van der Waals surface area contributed by atoms with Gasteiger partial charge in [-0.2, -0.15) is 0 Å². The highest BCUT2D eigenvalue weighted by molar-refractivity contribution is 7.90. The zero-order chi connectivity index (χ0) is 27.0. The van der Waals surface area contributed by atoms with E-state index in [4.69, 9.17) is 0 Å². The average Bonchev–Trinajstić information content (AvgIpc) is 3.18. The van der Waals surface area contributed by atoms with Crippen LogP contribution < -0.4 is 9.62 Å². The molecule has 0 bridgehead atoms. The summed E-state index contributed by atoms with van der Waals surface area (Å²) < 4.78 is 27.0. The number of carbonyl (C=O) groups excluding carboxylic acids is 3. The van der Waals surface area contributed by atoms with Crippen molar-refractivity contribution in [3.05, 3.63) is 119 Å². The topological polar surface area (TPSA) is 138 Å². The molecule has 38 heavy (non-hydrogen) atoms. The van der Waals surface area contributed by atoms with Gasteiger partial charge < -0.3 is 5.11 Å². The van der Waals surface area contributed by atoms with Gasteiger partial charge in [-0.3, -0.25) is 14.4 Å². The lowest BCUT2D eigenvalue weighted by atomic mass is 10.0. The normalized spacial score (nSPS) is 12.8. The second-order valence-electron chi connectivity index (χ2n) is 8.36. The molecule has 0 spiro atoms. The van der Waals surface area contributed by atoms with Crippen LogP contribution in [-0.2, 0) is 10.0 Å². The van der Waals surface area contributed by atoms with Gasteiger partial charge >= 0.3 is 5.97 Å². The molecule has 0 fully saturated rings. The largest absolute Gasteiger partial charge is 0.478 e. The Balaban J connectivity index is 1.47. The number of carboxylic acids is 1. The Morgan fingerprint density at radius 1 is 0.711 bits per heavy atom. The van der Waals surface area contributed by atoms with Gasteiger partial charge in [0.25, 0.3) is 27.7 Å². The van der Waals surface area contributed by atoms with Crippen molar-refractivity contribution in [1.82, 2.24) is 4.72 Å². The fourth-order valence-corrected chi connectivity index (χ4v) is 5.15. The summed E-state index contributed by atoms with van der Waals surface area (Å²) in [5.74, 6) is -3.92. The number of rotatable bonds is 6. The highest BCUT2D eigenvalue weighted by Gasteiger charge is 2.39. The van der Waals surface area contributed by atoms with Gasteiger partial charge in [0.05, 0.1) is 27.3 Å². The monoisotopic (exact) mass is 526 g/mol. The molecule has 4 aromatic carbocycles. The van der Waals surface area contributed by atoms with Gasteiger partial charge in [-0.15, -0.1) is 0 Å². The van der Waals surface area contributed by atoms with Crippen molar-refractivity contribution in [3.8, 4) is 11.1 Å². The number of anilines is 1. The molecule has 4 aromatic rings. The van der Waals surface area contributed by atoms with Crippen LogP contribution in [0.25, 0.3) is 11.1 Å². The molecule has 0 unspecified atom stereocenters. The maximum Gasteiger partial charge on any atom is 0.337 e. The lowest BCUT2D eigenvalue weighted by Gasteiger charge is -2.17. The molecule has 2 N–H and O–H groups in total. The van der Waals surface area contributed by atoms with Gasteiger partial charge in [0.1, 0.15) is 0 Å². The van der Waals surface area contributed by atoms with Gasteiger partial charge in [0, 0.05) is 5.56 Å². The maximum atomic E-state index is 13.3. The molecule has 0 saturated heterocycles. The quantitative estimate of drug-likeness (QED) is 0.363. The van der Waals surface area contributed by atoms with Gasteiger partial charge in [0.2, 0.25) is 0 Å². The summed E-state index contributed by atoms with van der Waals surface area (Å²) in [6.45, 7) is 0. The number of hydrogen-bond acceptors (Lipinski definition) is 6. The van der Waals surface area contributed by atoms with Crippen LogP contribution in [0.3, 0.4) is 0 Å². The lowest BCUT2D eigenvalue weighted by Crippen LogP contribution is -2.31. The Morgan fingerprint density at radius 3 is 2.00 bits per heavy atom. The van der Waals surface area contributed by atoms with Gasteiger partial charge in [-0.05, 0) is 53.6 Å². The second-order valence-corrected chi connectivity index (χ2v) is 10.0. The first kappa shape index (κ1) is 24.6. The molecule has 9 nitrogen and oxygen atoms in total. The number of amides is 3. The third-order valence-corrected chi connectivity index (χ3v) is 7.35. The van der Waals surface area contributed by atoms with Crippen molar-refractivity contribution in [3.63, 3.8) is 0 Å². The SMILES string of the molecule is O=C(NS(=O)(=O)c1ccccc1)c1ccc2c(c1)C(=O)N(c1ccc(-c3ccccc3)cc1C(=O)O)C2=O. The number of sulfonamides is 1.